The molecule has 19 heavy (non-hydrogen) atoms. The number of benzene rings is 2. The van der Waals surface area contributed by atoms with E-state index in [4.69, 9.17) is 10.5 Å². The summed E-state index contributed by atoms with van der Waals surface area (Å²) in [6, 6.07) is 10.5. The van der Waals surface area contributed by atoms with Crippen LogP contribution in [0.25, 0.3) is 0 Å². The number of nitrogens with two attached hydrogens (primary N) is 1. The van der Waals surface area contributed by atoms with Crippen molar-refractivity contribution in [2.75, 3.05) is 5.73 Å². The number of esters is 1. The Kier molecular flexibility index (Phi) is 3.75. The summed E-state index contributed by atoms with van der Waals surface area (Å²) >= 11 is 0. The van der Waals surface area contributed by atoms with Crippen LogP contribution < -0.4 is 5.73 Å². The van der Waals surface area contributed by atoms with Crippen molar-refractivity contribution in [3.05, 3.63) is 65.2 Å². The quantitative estimate of drug-likeness (QED) is 0.684. The minimum absolute atomic E-state index is 0.0398. The Morgan fingerprint density at radius 2 is 1.74 bits per heavy atom. The highest BCUT2D eigenvalue weighted by molar-refractivity contribution is 5.95. The number of hydrogen-bond acceptors (Lipinski definition) is 3. The van der Waals surface area contributed by atoms with E-state index in [2.05, 4.69) is 0 Å². The van der Waals surface area contributed by atoms with Crippen LogP contribution in [-0.2, 0) is 11.3 Å². The fourth-order valence-electron chi connectivity index (χ4n) is 1.54. The van der Waals surface area contributed by atoms with E-state index in [1.807, 2.05) is 6.07 Å². The van der Waals surface area contributed by atoms with E-state index in [9.17, 15) is 13.6 Å². The van der Waals surface area contributed by atoms with Gasteiger partial charge in [-0.2, -0.15) is 0 Å². The SMILES string of the molecule is Nc1cc(F)c(F)cc1C(=O)OCc1ccccc1. The summed E-state index contributed by atoms with van der Waals surface area (Å²) in [4.78, 5) is 11.7. The molecule has 0 aliphatic rings. The van der Waals surface area contributed by atoms with Gasteiger partial charge in [-0.15, -0.1) is 0 Å². The highest BCUT2D eigenvalue weighted by Gasteiger charge is 2.15. The molecule has 2 N–H and O–H groups in total. The molecule has 0 saturated carbocycles. The molecule has 2 aromatic rings. The predicted molar refractivity (Wildman–Crippen MR) is 66.3 cm³/mol. The molecule has 0 bridgehead atoms. The second-order valence-electron chi connectivity index (χ2n) is 3.92. The third kappa shape index (κ3) is 3.07. The van der Waals surface area contributed by atoms with Gasteiger partial charge in [0.2, 0.25) is 0 Å². The van der Waals surface area contributed by atoms with Gasteiger partial charge in [0, 0.05) is 11.8 Å². The Bertz CT molecular complexity index is 600. The number of anilines is 1. The maximum atomic E-state index is 13.0. The van der Waals surface area contributed by atoms with Crippen molar-refractivity contribution in [1.29, 1.82) is 0 Å². The number of carbonyl (C=O) groups is 1. The summed E-state index contributed by atoms with van der Waals surface area (Å²) in [5, 5.41) is 0. The second kappa shape index (κ2) is 5.48. The van der Waals surface area contributed by atoms with Gasteiger partial charge < -0.3 is 10.5 Å². The van der Waals surface area contributed by atoms with Crippen molar-refractivity contribution < 1.29 is 18.3 Å². The van der Waals surface area contributed by atoms with Crippen LogP contribution in [0.4, 0.5) is 14.5 Å². The van der Waals surface area contributed by atoms with E-state index in [-0.39, 0.29) is 17.9 Å². The Morgan fingerprint density at radius 1 is 1.11 bits per heavy atom. The lowest BCUT2D eigenvalue weighted by Gasteiger charge is -2.07. The lowest BCUT2D eigenvalue weighted by atomic mass is 10.1. The van der Waals surface area contributed by atoms with Crippen molar-refractivity contribution in [2.24, 2.45) is 0 Å². The standard InChI is InChI=1S/C14H11F2NO2/c15-11-6-10(13(17)7-12(11)16)14(18)19-8-9-4-2-1-3-5-9/h1-7H,8,17H2. The normalized spacial score (nSPS) is 10.2. The van der Waals surface area contributed by atoms with Crippen LogP contribution in [-0.4, -0.2) is 5.97 Å². The zero-order valence-electron chi connectivity index (χ0n) is 9.90. The molecule has 0 atom stereocenters. The molecule has 0 saturated heterocycles. The van der Waals surface area contributed by atoms with Gasteiger partial charge in [-0.1, -0.05) is 30.3 Å². The van der Waals surface area contributed by atoms with Gasteiger partial charge in [-0.05, 0) is 11.6 Å². The van der Waals surface area contributed by atoms with E-state index in [0.29, 0.717) is 0 Å². The zero-order chi connectivity index (χ0) is 13.8. The fraction of sp³-hybridized carbons (Fsp3) is 0.0714. The van der Waals surface area contributed by atoms with Crippen molar-refractivity contribution in [2.45, 2.75) is 6.61 Å². The highest BCUT2D eigenvalue weighted by Crippen LogP contribution is 2.18. The van der Waals surface area contributed by atoms with E-state index in [1.165, 1.54) is 0 Å². The van der Waals surface area contributed by atoms with Crippen LogP contribution in [0.3, 0.4) is 0 Å². The molecular formula is C14H11F2NO2. The smallest absolute Gasteiger partial charge is 0.340 e. The Hall–Kier alpha value is -2.43. The van der Waals surface area contributed by atoms with Crippen LogP contribution in [0.1, 0.15) is 15.9 Å². The van der Waals surface area contributed by atoms with Gasteiger partial charge in [0.25, 0.3) is 0 Å². The van der Waals surface area contributed by atoms with Gasteiger partial charge >= 0.3 is 5.97 Å². The summed E-state index contributed by atoms with van der Waals surface area (Å²) in [7, 11) is 0. The number of halogens is 2. The Balaban J connectivity index is 2.10. The lowest BCUT2D eigenvalue weighted by Crippen LogP contribution is -2.09. The molecule has 0 aliphatic carbocycles. The maximum absolute atomic E-state index is 13.0. The minimum Gasteiger partial charge on any atom is -0.457 e. The predicted octanol–water partition coefficient (Wildman–Crippen LogP) is 2.90. The molecule has 2 aromatic carbocycles. The van der Waals surface area contributed by atoms with Crippen LogP contribution in [0, 0.1) is 11.6 Å². The molecule has 0 aromatic heterocycles. The van der Waals surface area contributed by atoms with Gasteiger partial charge in [0.05, 0.1) is 5.56 Å². The second-order valence-corrected chi connectivity index (χ2v) is 3.92. The van der Waals surface area contributed by atoms with Gasteiger partial charge in [0.15, 0.2) is 11.6 Å². The summed E-state index contributed by atoms with van der Waals surface area (Å²) < 4.78 is 30.9. The summed E-state index contributed by atoms with van der Waals surface area (Å²) in [5.41, 5.74) is 5.90. The third-order valence-corrected chi connectivity index (χ3v) is 2.53. The summed E-state index contributed by atoms with van der Waals surface area (Å²) in [6.07, 6.45) is 0. The first-order valence-electron chi connectivity index (χ1n) is 5.53. The summed E-state index contributed by atoms with van der Waals surface area (Å²) in [6.45, 7) is 0.0398. The topological polar surface area (TPSA) is 52.3 Å². The molecule has 0 heterocycles. The molecule has 5 heteroatoms. The molecule has 98 valence electrons. The molecular weight excluding hydrogens is 252 g/mol. The first-order valence-corrected chi connectivity index (χ1v) is 5.53. The van der Waals surface area contributed by atoms with E-state index < -0.39 is 17.6 Å². The third-order valence-electron chi connectivity index (χ3n) is 2.53. The van der Waals surface area contributed by atoms with Gasteiger partial charge in [-0.25, -0.2) is 13.6 Å². The van der Waals surface area contributed by atoms with Crippen molar-refractivity contribution >= 4 is 11.7 Å². The number of ether oxygens (including phenoxy) is 1. The van der Waals surface area contributed by atoms with Crippen LogP contribution in [0.5, 0.6) is 0 Å². The number of nitrogen functional groups attached to an aromatic ring is 1. The average molecular weight is 263 g/mol. The monoisotopic (exact) mass is 263 g/mol. The van der Waals surface area contributed by atoms with E-state index in [1.54, 1.807) is 24.3 Å². The molecule has 3 nitrogen and oxygen atoms in total. The van der Waals surface area contributed by atoms with Gasteiger partial charge in [0.1, 0.15) is 6.61 Å². The van der Waals surface area contributed by atoms with Crippen molar-refractivity contribution in [3.8, 4) is 0 Å². The maximum Gasteiger partial charge on any atom is 0.340 e. The Morgan fingerprint density at radius 3 is 2.42 bits per heavy atom. The molecule has 0 aliphatic heterocycles. The molecule has 2 rings (SSSR count). The molecule has 0 amide bonds. The summed E-state index contributed by atoms with van der Waals surface area (Å²) in [5.74, 6) is -3.03. The van der Waals surface area contributed by atoms with E-state index >= 15 is 0 Å². The molecule has 0 unspecified atom stereocenters. The van der Waals surface area contributed by atoms with Crippen molar-refractivity contribution in [3.63, 3.8) is 0 Å². The number of rotatable bonds is 3. The first-order chi connectivity index (χ1) is 9.08. The van der Waals surface area contributed by atoms with Crippen LogP contribution in [0.15, 0.2) is 42.5 Å². The average Bonchev–Trinajstić information content (AvgIpc) is 2.41. The first kappa shape index (κ1) is 13.0. The largest absolute Gasteiger partial charge is 0.457 e. The Labute approximate surface area is 108 Å². The number of hydrogen-bond donors (Lipinski definition) is 1. The molecule has 0 spiro atoms. The van der Waals surface area contributed by atoms with Crippen molar-refractivity contribution in [1.82, 2.24) is 0 Å². The lowest BCUT2D eigenvalue weighted by molar-refractivity contribution is 0.0473. The minimum atomic E-state index is -1.14. The fourth-order valence-corrected chi connectivity index (χ4v) is 1.54. The van der Waals surface area contributed by atoms with Gasteiger partial charge in [-0.3, -0.25) is 0 Å². The molecule has 0 radical (unpaired) electrons. The highest BCUT2D eigenvalue weighted by atomic mass is 19.2. The zero-order valence-corrected chi connectivity index (χ0v) is 9.90. The molecule has 0 fully saturated rings. The van der Waals surface area contributed by atoms with Crippen LogP contribution in [0.2, 0.25) is 0 Å². The van der Waals surface area contributed by atoms with E-state index in [0.717, 1.165) is 17.7 Å². The van der Waals surface area contributed by atoms with Crippen LogP contribution >= 0.6 is 0 Å². The number of carbonyl (C=O) groups excluding carboxylic acids is 1.